The summed E-state index contributed by atoms with van der Waals surface area (Å²) >= 11 is 0. The minimum atomic E-state index is 0.454. The van der Waals surface area contributed by atoms with E-state index in [-0.39, 0.29) is 0 Å². The molecule has 0 unspecified atom stereocenters. The number of hydrogen-bond acceptors (Lipinski definition) is 4. The number of benzene rings is 3. The fraction of sp³-hybridized carbons (Fsp3) is 0.0455. The monoisotopic (exact) mass is 354 g/mol. The second-order valence-electron chi connectivity index (χ2n) is 5.92. The molecule has 5 nitrogen and oxygen atoms in total. The summed E-state index contributed by atoms with van der Waals surface area (Å²) in [7, 11) is 1.63. The average Bonchev–Trinajstić information content (AvgIpc) is 3.18. The van der Waals surface area contributed by atoms with Gasteiger partial charge in [-0.1, -0.05) is 66.7 Å². The van der Waals surface area contributed by atoms with E-state index >= 15 is 0 Å². The second-order valence-corrected chi connectivity index (χ2v) is 5.92. The van der Waals surface area contributed by atoms with E-state index < -0.39 is 0 Å². The van der Waals surface area contributed by atoms with E-state index in [1.807, 2.05) is 84.9 Å². The van der Waals surface area contributed by atoms with Gasteiger partial charge in [0.15, 0.2) is 0 Å². The predicted molar refractivity (Wildman–Crippen MR) is 107 cm³/mol. The Morgan fingerprint density at radius 3 is 2.19 bits per heavy atom. The summed E-state index contributed by atoms with van der Waals surface area (Å²) in [5.41, 5.74) is 4.54. The molecule has 1 aromatic heterocycles. The lowest BCUT2D eigenvalue weighted by molar-refractivity contribution is 0.415. The van der Waals surface area contributed by atoms with Gasteiger partial charge in [-0.05, 0) is 12.1 Å². The topological polar surface area (TPSA) is 62.6 Å². The van der Waals surface area contributed by atoms with E-state index in [2.05, 4.69) is 20.2 Å². The van der Waals surface area contributed by atoms with Crippen molar-refractivity contribution in [3.8, 4) is 28.3 Å². The van der Waals surface area contributed by atoms with Crippen LogP contribution in [0.5, 0.6) is 5.75 Å². The molecule has 0 saturated carbocycles. The number of nitrogens with one attached hydrogen (secondary N) is 1. The Kier molecular flexibility index (Phi) is 4.74. The summed E-state index contributed by atoms with van der Waals surface area (Å²) in [5, 5.41) is 8.57. The van der Waals surface area contributed by atoms with Gasteiger partial charge in [0.25, 0.3) is 0 Å². The van der Waals surface area contributed by atoms with Crippen LogP contribution in [0.2, 0.25) is 0 Å². The number of H-pyrrole nitrogens is 1. The molecule has 1 heterocycles. The van der Waals surface area contributed by atoms with E-state index in [4.69, 9.17) is 4.74 Å². The Balaban J connectivity index is 1.74. The highest BCUT2D eigenvalue weighted by molar-refractivity contribution is 5.79. The van der Waals surface area contributed by atoms with Crippen molar-refractivity contribution in [3.63, 3.8) is 0 Å². The van der Waals surface area contributed by atoms with Crippen molar-refractivity contribution in [1.82, 2.24) is 9.97 Å². The van der Waals surface area contributed by atoms with Gasteiger partial charge in [-0.25, -0.2) is 4.98 Å². The number of imidazole rings is 1. The molecule has 0 amide bonds. The number of ether oxygens (including phenoxy) is 1. The largest absolute Gasteiger partial charge is 0.497 e. The number of azo groups is 1. The van der Waals surface area contributed by atoms with Crippen LogP contribution in [0.1, 0.15) is 0 Å². The number of rotatable bonds is 5. The van der Waals surface area contributed by atoms with E-state index in [0.717, 1.165) is 28.3 Å². The Labute approximate surface area is 157 Å². The number of aromatic amines is 1. The van der Waals surface area contributed by atoms with Crippen LogP contribution in [-0.4, -0.2) is 17.1 Å². The van der Waals surface area contributed by atoms with Gasteiger partial charge in [-0.3, -0.25) is 0 Å². The lowest BCUT2D eigenvalue weighted by atomic mass is 10.1. The molecule has 132 valence electrons. The molecule has 0 aliphatic rings. The second kappa shape index (κ2) is 7.66. The van der Waals surface area contributed by atoms with Gasteiger partial charge >= 0.3 is 0 Å². The summed E-state index contributed by atoms with van der Waals surface area (Å²) in [6.07, 6.45) is 0. The quantitative estimate of drug-likeness (QED) is 0.436. The van der Waals surface area contributed by atoms with Crippen LogP contribution in [0.15, 0.2) is 95.2 Å². The van der Waals surface area contributed by atoms with Crippen LogP contribution < -0.4 is 4.74 Å². The third kappa shape index (κ3) is 3.77. The Morgan fingerprint density at radius 2 is 1.48 bits per heavy atom. The molecular weight excluding hydrogens is 336 g/mol. The molecule has 0 spiro atoms. The molecule has 0 radical (unpaired) electrons. The summed E-state index contributed by atoms with van der Waals surface area (Å²) in [5.74, 6) is 1.19. The number of nitrogens with zero attached hydrogens (tertiary/aromatic N) is 3. The zero-order valence-corrected chi connectivity index (χ0v) is 14.8. The van der Waals surface area contributed by atoms with Gasteiger partial charge in [-0.15, -0.1) is 10.2 Å². The van der Waals surface area contributed by atoms with Crippen molar-refractivity contribution >= 4 is 11.6 Å². The van der Waals surface area contributed by atoms with Crippen molar-refractivity contribution < 1.29 is 4.74 Å². The van der Waals surface area contributed by atoms with E-state index in [9.17, 15) is 0 Å². The maximum atomic E-state index is 5.22. The Morgan fingerprint density at radius 1 is 0.778 bits per heavy atom. The zero-order chi connectivity index (χ0) is 18.5. The fourth-order valence-electron chi connectivity index (χ4n) is 2.80. The number of hydrogen-bond donors (Lipinski definition) is 1. The van der Waals surface area contributed by atoms with Crippen LogP contribution in [0.3, 0.4) is 0 Å². The van der Waals surface area contributed by atoms with Gasteiger partial charge in [0.2, 0.25) is 5.95 Å². The smallest absolute Gasteiger partial charge is 0.247 e. The fourth-order valence-corrected chi connectivity index (χ4v) is 2.80. The molecule has 1 N–H and O–H groups in total. The van der Waals surface area contributed by atoms with Crippen molar-refractivity contribution in [1.29, 1.82) is 0 Å². The molecule has 0 atom stereocenters. The molecule has 4 aromatic rings. The molecule has 0 fully saturated rings. The maximum absolute atomic E-state index is 5.22. The number of methoxy groups -OCH3 is 1. The highest BCUT2D eigenvalue weighted by Crippen LogP contribution is 2.32. The van der Waals surface area contributed by atoms with E-state index in [1.165, 1.54) is 0 Å². The molecule has 0 aliphatic heterocycles. The summed E-state index contributed by atoms with van der Waals surface area (Å²) in [6.45, 7) is 0. The maximum Gasteiger partial charge on any atom is 0.247 e. The van der Waals surface area contributed by atoms with Crippen molar-refractivity contribution in [2.45, 2.75) is 0 Å². The van der Waals surface area contributed by atoms with Crippen molar-refractivity contribution in [2.24, 2.45) is 10.2 Å². The third-order valence-corrected chi connectivity index (χ3v) is 4.11. The lowest BCUT2D eigenvalue weighted by Crippen LogP contribution is -1.82. The summed E-state index contributed by atoms with van der Waals surface area (Å²) < 4.78 is 5.22. The van der Waals surface area contributed by atoms with Gasteiger partial charge in [-0.2, -0.15) is 0 Å². The van der Waals surface area contributed by atoms with Gasteiger partial charge in [0.1, 0.15) is 5.75 Å². The van der Waals surface area contributed by atoms with Crippen molar-refractivity contribution in [2.75, 3.05) is 7.11 Å². The van der Waals surface area contributed by atoms with Crippen LogP contribution in [0.4, 0.5) is 11.6 Å². The standard InChI is InChI=1S/C22H18N4O/c1-27-19-14-8-13-18(15-19)25-26-22-23-20(16-9-4-2-5-10-16)21(24-22)17-11-6-3-7-12-17/h2-15H,1H3,(H,23,24). The summed E-state index contributed by atoms with van der Waals surface area (Å²) in [4.78, 5) is 7.96. The number of aromatic nitrogens is 2. The van der Waals surface area contributed by atoms with E-state index in [0.29, 0.717) is 11.6 Å². The average molecular weight is 354 g/mol. The van der Waals surface area contributed by atoms with Crippen molar-refractivity contribution in [3.05, 3.63) is 84.9 Å². The first-order chi connectivity index (χ1) is 13.3. The molecule has 0 aliphatic carbocycles. The van der Waals surface area contributed by atoms with Crippen LogP contribution in [0, 0.1) is 0 Å². The predicted octanol–water partition coefficient (Wildman–Crippen LogP) is 6.17. The first-order valence-electron chi connectivity index (χ1n) is 8.60. The Bertz CT molecular complexity index is 999. The van der Waals surface area contributed by atoms with E-state index in [1.54, 1.807) is 7.11 Å². The molecule has 27 heavy (non-hydrogen) atoms. The highest BCUT2D eigenvalue weighted by atomic mass is 16.5. The normalized spacial score (nSPS) is 11.0. The SMILES string of the molecule is COc1cccc(N=Nc2nc(-c3ccccc3)c(-c3ccccc3)[nH]2)c1. The minimum Gasteiger partial charge on any atom is -0.497 e. The lowest BCUT2D eigenvalue weighted by Gasteiger charge is -2.02. The molecule has 5 heteroatoms. The molecule has 0 saturated heterocycles. The Hall–Kier alpha value is -3.73. The van der Waals surface area contributed by atoms with Gasteiger partial charge in [0.05, 0.1) is 24.2 Å². The van der Waals surface area contributed by atoms with Crippen LogP contribution in [0.25, 0.3) is 22.5 Å². The van der Waals surface area contributed by atoms with Crippen LogP contribution in [-0.2, 0) is 0 Å². The minimum absolute atomic E-state index is 0.454. The van der Waals surface area contributed by atoms with Crippen LogP contribution >= 0.6 is 0 Å². The van der Waals surface area contributed by atoms with Gasteiger partial charge in [0, 0.05) is 17.2 Å². The first-order valence-corrected chi connectivity index (χ1v) is 8.60. The zero-order valence-electron chi connectivity index (χ0n) is 14.8. The molecule has 0 bridgehead atoms. The molecule has 4 rings (SSSR count). The summed E-state index contributed by atoms with van der Waals surface area (Å²) in [6, 6.07) is 27.6. The third-order valence-electron chi connectivity index (χ3n) is 4.11. The van der Waals surface area contributed by atoms with Gasteiger partial charge < -0.3 is 9.72 Å². The molecular formula is C22H18N4O. The highest BCUT2D eigenvalue weighted by Gasteiger charge is 2.13. The first kappa shape index (κ1) is 16.7. The molecule has 3 aromatic carbocycles.